The Hall–Kier alpha value is -3.41. The summed E-state index contributed by atoms with van der Waals surface area (Å²) >= 11 is 12.0. The van der Waals surface area contributed by atoms with Crippen molar-refractivity contribution in [3.05, 3.63) is 76.0 Å². The molecule has 0 saturated carbocycles. The molecule has 0 fully saturated rings. The number of carbonyl (C=O) groups is 1. The Kier molecular flexibility index (Phi) is 6.59. The number of carbonyl (C=O) groups excluding carboxylic acids is 1. The van der Waals surface area contributed by atoms with Gasteiger partial charge in [-0.3, -0.25) is 4.79 Å². The zero-order valence-corrected chi connectivity index (χ0v) is 16.8. The van der Waals surface area contributed by atoms with E-state index in [1.54, 1.807) is 36.4 Å². The number of nitrogens with one attached hydrogen (secondary N) is 1. The van der Waals surface area contributed by atoms with Crippen LogP contribution in [0.5, 0.6) is 5.75 Å². The monoisotopic (exact) mass is 466 g/mol. The van der Waals surface area contributed by atoms with Gasteiger partial charge in [0.05, 0.1) is 5.02 Å². The van der Waals surface area contributed by atoms with E-state index in [0.29, 0.717) is 21.4 Å². The first kappa shape index (κ1) is 22.3. The normalized spacial score (nSPS) is 11.7. The maximum Gasteiger partial charge on any atom is 0.573 e. The van der Waals surface area contributed by atoms with Crippen molar-refractivity contribution >= 4 is 40.9 Å². The zero-order chi connectivity index (χ0) is 22.6. The number of halogens is 5. The van der Waals surface area contributed by atoms with Crippen molar-refractivity contribution in [1.82, 2.24) is 0 Å². The van der Waals surface area contributed by atoms with E-state index >= 15 is 0 Å². The minimum atomic E-state index is -4.82. The fourth-order valence-electron chi connectivity index (χ4n) is 2.49. The Labute approximate surface area is 184 Å². The van der Waals surface area contributed by atoms with Crippen molar-refractivity contribution in [1.29, 1.82) is 5.26 Å². The smallest absolute Gasteiger partial charge is 0.457 e. The van der Waals surface area contributed by atoms with Crippen LogP contribution in [0.2, 0.25) is 10.0 Å². The van der Waals surface area contributed by atoms with E-state index in [2.05, 4.69) is 10.1 Å². The van der Waals surface area contributed by atoms with Gasteiger partial charge in [-0.25, -0.2) is 0 Å². The lowest BCUT2D eigenvalue weighted by Gasteiger charge is -2.09. The number of rotatable bonds is 5. The van der Waals surface area contributed by atoms with Gasteiger partial charge in [0.25, 0.3) is 5.91 Å². The first-order valence-corrected chi connectivity index (χ1v) is 9.24. The van der Waals surface area contributed by atoms with Crippen LogP contribution >= 0.6 is 23.2 Å². The number of anilines is 1. The number of nitrogens with zero attached hydrogens (tertiary/aromatic N) is 1. The molecule has 2 aromatic carbocycles. The summed E-state index contributed by atoms with van der Waals surface area (Å²) in [6.45, 7) is 0. The van der Waals surface area contributed by atoms with Crippen LogP contribution in [0.15, 0.2) is 64.6 Å². The average molecular weight is 467 g/mol. The van der Waals surface area contributed by atoms with Crippen molar-refractivity contribution in [3.63, 3.8) is 0 Å². The van der Waals surface area contributed by atoms with Gasteiger partial charge in [0, 0.05) is 22.3 Å². The minimum Gasteiger partial charge on any atom is -0.457 e. The number of furan rings is 1. The maximum absolute atomic E-state index is 12.3. The van der Waals surface area contributed by atoms with Crippen molar-refractivity contribution < 1.29 is 27.1 Å². The molecule has 10 heteroatoms. The summed E-state index contributed by atoms with van der Waals surface area (Å²) in [5.41, 5.74) is 0.474. The molecular formula is C21H11Cl2F3N2O3. The molecule has 0 aliphatic heterocycles. The predicted octanol–water partition coefficient (Wildman–Crippen LogP) is 6.70. The summed E-state index contributed by atoms with van der Waals surface area (Å²) in [5.74, 6) is -0.576. The van der Waals surface area contributed by atoms with Crippen LogP contribution in [0.1, 0.15) is 5.76 Å². The summed E-state index contributed by atoms with van der Waals surface area (Å²) in [5, 5.41) is 12.5. The number of hydrogen-bond donors (Lipinski definition) is 1. The Bertz CT molecular complexity index is 1180. The Balaban J connectivity index is 1.74. The van der Waals surface area contributed by atoms with E-state index in [4.69, 9.17) is 27.6 Å². The van der Waals surface area contributed by atoms with Crippen LogP contribution in [0.4, 0.5) is 18.9 Å². The molecule has 1 heterocycles. The molecule has 3 aromatic rings. The fourth-order valence-corrected chi connectivity index (χ4v) is 3.00. The van der Waals surface area contributed by atoms with E-state index in [9.17, 15) is 23.2 Å². The second kappa shape index (κ2) is 9.16. The topological polar surface area (TPSA) is 75.3 Å². The van der Waals surface area contributed by atoms with Crippen LogP contribution in [0.3, 0.4) is 0 Å². The van der Waals surface area contributed by atoms with Crippen LogP contribution in [-0.2, 0) is 4.79 Å². The molecule has 1 N–H and O–H groups in total. The van der Waals surface area contributed by atoms with E-state index in [-0.39, 0.29) is 17.0 Å². The third-order valence-electron chi connectivity index (χ3n) is 3.82. The lowest BCUT2D eigenvalue weighted by atomic mass is 10.2. The standard InChI is InChI=1S/C21H11Cl2F3N2O3/c22-13-1-7-17(18(23)10-13)19-8-6-16(30-19)9-12(11-27)20(29)28-14-2-4-15(5-3-14)31-21(24,25)26/h1-10H,(H,28,29)/b12-9+. The average Bonchev–Trinajstić information content (AvgIpc) is 3.14. The number of benzene rings is 2. The van der Waals surface area contributed by atoms with E-state index in [1.165, 1.54) is 18.2 Å². The van der Waals surface area contributed by atoms with Crippen LogP contribution in [0.25, 0.3) is 17.4 Å². The van der Waals surface area contributed by atoms with Gasteiger partial charge in [-0.1, -0.05) is 23.2 Å². The highest BCUT2D eigenvalue weighted by Gasteiger charge is 2.31. The summed E-state index contributed by atoms with van der Waals surface area (Å²) in [6.07, 6.45) is -3.59. The predicted molar refractivity (Wildman–Crippen MR) is 110 cm³/mol. The molecule has 0 atom stereocenters. The van der Waals surface area contributed by atoms with Gasteiger partial charge < -0.3 is 14.5 Å². The lowest BCUT2D eigenvalue weighted by Crippen LogP contribution is -2.17. The van der Waals surface area contributed by atoms with Gasteiger partial charge in [0.15, 0.2) is 0 Å². The molecule has 0 spiro atoms. The molecule has 3 rings (SSSR count). The second-order valence-electron chi connectivity index (χ2n) is 6.02. The first-order chi connectivity index (χ1) is 14.6. The molecule has 1 amide bonds. The van der Waals surface area contributed by atoms with Gasteiger partial charge in [-0.05, 0) is 54.6 Å². The highest BCUT2D eigenvalue weighted by molar-refractivity contribution is 6.36. The van der Waals surface area contributed by atoms with Crippen LogP contribution < -0.4 is 10.1 Å². The summed E-state index contributed by atoms with van der Waals surface area (Å²) in [7, 11) is 0. The van der Waals surface area contributed by atoms with E-state index in [0.717, 1.165) is 12.1 Å². The molecule has 0 radical (unpaired) electrons. The van der Waals surface area contributed by atoms with Crippen molar-refractivity contribution in [2.75, 3.05) is 5.32 Å². The molecule has 5 nitrogen and oxygen atoms in total. The number of ether oxygens (including phenoxy) is 1. The van der Waals surface area contributed by atoms with Crippen molar-refractivity contribution in [2.24, 2.45) is 0 Å². The summed E-state index contributed by atoms with van der Waals surface area (Å²) < 4.78 is 46.0. The van der Waals surface area contributed by atoms with Gasteiger partial charge in [-0.2, -0.15) is 5.26 Å². The summed E-state index contributed by atoms with van der Waals surface area (Å²) in [4.78, 5) is 12.3. The Morgan fingerprint density at radius 3 is 2.42 bits per heavy atom. The lowest BCUT2D eigenvalue weighted by molar-refractivity contribution is -0.274. The molecule has 0 aliphatic carbocycles. The second-order valence-corrected chi connectivity index (χ2v) is 6.87. The maximum atomic E-state index is 12.3. The fraction of sp³-hybridized carbons (Fsp3) is 0.0476. The highest BCUT2D eigenvalue weighted by atomic mass is 35.5. The minimum absolute atomic E-state index is 0.175. The third kappa shape index (κ3) is 6.04. The first-order valence-electron chi connectivity index (χ1n) is 8.49. The molecule has 0 unspecified atom stereocenters. The van der Waals surface area contributed by atoms with Gasteiger partial charge in [0.1, 0.15) is 28.9 Å². The molecule has 0 aliphatic rings. The number of nitriles is 1. The van der Waals surface area contributed by atoms with Gasteiger partial charge in [-0.15, -0.1) is 13.2 Å². The van der Waals surface area contributed by atoms with E-state index < -0.39 is 18.0 Å². The molecule has 0 bridgehead atoms. The number of hydrogen-bond acceptors (Lipinski definition) is 4. The van der Waals surface area contributed by atoms with E-state index in [1.807, 2.05) is 0 Å². The van der Waals surface area contributed by atoms with Crippen LogP contribution in [0, 0.1) is 11.3 Å². The van der Waals surface area contributed by atoms with Crippen molar-refractivity contribution in [2.45, 2.75) is 6.36 Å². The Morgan fingerprint density at radius 2 is 1.81 bits per heavy atom. The zero-order valence-electron chi connectivity index (χ0n) is 15.3. The van der Waals surface area contributed by atoms with Gasteiger partial charge >= 0.3 is 6.36 Å². The number of alkyl halides is 3. The van der Waals surface area contributed by atoms with Crippen molar-refractivity contribution in [3.8, 4) is 23.1 Å². The quantitative estimate of drug-likeness (QED) is 0.335. The Morgan fingerprint density at radius 1 is 1.10 bits per heavy atom. The van der Waals surface area contributed by atoms with Crippen LogP contribution in [-0.4, -0.2) is 12.3 Å². The summed E-state index contributed by atoms with van der Waals surface area (Å²) in [6, 6.07) is 14.3. The molecule has 158 valence electrons. The molecule has 1 aromatic heterocycles. The third-order valence-corrected chi connectivity index (χ3v) is 4.37. The SMILES string of the molecule is N#C/C(=C\c1ccc(-c2ccc(Cl)cc2Cl)o1)C(=O)Nc1ccc(OC(F)(F)F)cc1. The van der Waals surface area contributed by atoms with Gasteiger partial charge in [0.2, 0.25) is 0 Å². The molecule has 0 saturated heterocycles. The molecular weight excluding hydrogens is 456 g/mol. The molecule has 31 heavy (non-hydrogen) atoms. The highest BCUT2D eigenvalue weighted by Crippen LogP contribution is 2.32. The number of amides is 1. The largest absolute Gasteiger partial charge is 0.573 e.